The van der Waals surface area contributed by atoms with Crippen molar-refractivity contribution in [3.8, 4) is 11.6 Å². The second kappa shape index (κ2) is 9.43. The first-order chi connectivity index (χ1) is 15.5. The molecule has 32 heavy (non-hydrogen) atoms. The summed E-state index contributed by atoms with van der Waals surface area (Å²) in [6, 6.07) is 18.8. The van der Waals surface area contributed by atoms with Crippen molar-refractivity contribution >= 4 is 5.91 Å². The summed E-state index contributed by atoms with van der Waals surface area (Å²) in [6.07, 6.45) is 1.64. The van der Waals surface area contributed by atoms with E-state index < -0.39 is 0 Å². The molecule has 0 saturated heterocycles. The Morgan fingerprint density at radius 1 is 1.03 bits per heavy atom. The molecule has 4 rings (SSSR count). The number of carbonyl (C=O) groups is 1. The van der Waals surface area contributed by atoms with Crippen LogP contribution in [0.3, 0.4) is 0 Å². The summed E-state index contributed by atoms with van der Waals surface area (Å²) < 4.78 is 20.5. The van der Waals surface area contributed by atoms with Crippen molar-refractivity contribution < 1.29 is 13.9 Å². The van der Waals surface area contributed by atoms with Gasteiger partial charge in [-0.05, 0) is 67.4 Å². The van der Waals surface area contributed by atoms with E-state index in [0.29, 0.717) is 30.3 Å². The SMILES string of the molecule is Cc1cc(C)n(Cc2cccc(C(=O)NCc3ccc(Oc4ccc(F)cc4)nc3)c2)n1. The number of pyridine rings is 1. The minimum Gasteiger partial charge on any atom is -0.439 e. The average molecular weight is 430 g/mol. The van der Waals surface area contributed by atoms with Crippen LogP contribution in [-0.4, -0.2) is 20.7 Å². The van der Waals surface area contributed by atoms with Crippen LogP contribution in [0, 0.1) is 19.7 Å². The Morgan fingerprint density at radius 2 is 1.84 bits per heavy atom. The van der Waals surface area contributed by atoms with E-state index in [4.69, 9.17) is 4.74 Å². The number of amides is 1. The lowest BCUT2D eigenvalue weighted by Crippen LogP contribution is -2.23. The number of carbonyl (C=O) groups excluding carboxylic acids is 1. The first-order valence-corrected chi connectivity index (χ1v) is 10.2. The van der Waals surface area contributed by atoms with Crippen LogP contribution in [0.1, 0.15) is 32.9 Å². The number of aryl methyl sites for hydroxylation is 2. The van der Waals surface area contributed by atoms with Gasteiger partial charge in [0.25, 0.3) is 5.91 Å². The lowest BCUT2D eigenvalue weighted by molar-refractivity contribution is 0.0950. The van der Waals surface area contributed by atoms with Crippen LogP contribution in [0.4, 0.5) is 4.39 Å². The molecule has 2 heterocycles. The summed E-state index contributed by atoms with van der Waals surface area (Å²) in [6.45, 7) is 4.93. The average Bonchev–Trinajstić information content (AvgIpc) is 3.11. The summed E-state index contributed by atoms with van der Waals surface area (Å²) in [4.78, 5) is 16.9. The van der Waals surface area contributed by atoms with E-state index >= 15 is 0 Å². The van der Waals surface area contributed by atoms with Gasteiger partial charge in [-0.1, -0.05) is 18.2 Å². The number of halogens is 1. The van der Waals surface area contributed by atoms with E-state index in [2.05, 4.69) is 15.4 Å². The molecule has 0 saturated carbocycles. The molecule has 1 N–H and O–H groups in total. The molecule has 0 radical (unpaired) electrons. The quantitative estimate of drug-likeness (QED) is 0.457. The summed E-state index contributed by atoms with van der Waals surface area (Å²) in [5.41, 5.74) is 4.49. The van der Waals surface area contributed by atoms with E-state index in [-0.39, 0.29) is 11.7 Å². The molecule has 2 aromatic heterocycles. The number of nitrogens with one attached hydrogen (secondary N) is 1. The monoisotopic (exact) mass is 430 g/mol. The topological polar surface area (TPSA) is 69.0 Å². The van der Waals surface area contributed by atoms with Crippen molar-refractivity contribution in [1.29, 1.82) is 0 Å². The lowest BCUT2D eigenvalue weighted by Gasteiger charge is -2.09. The summed E-state index contributed by atoms with van der Waals surface area (Å²) in [5, 5.41) is 7.39. The second-order valence-corrected chi connectivity index (χ2v) is 7.53. The fourth-order valence-electron chi connectivity index (χ4n) is 3.30. The van der Waals surface area contributed by atoms with Crippen LogP contribution in [0.2, 0.25) is 0 Å². The molecule has 7 heteroatoms. The van der Waals surface area contributed by atoms with Crippen molar-refractivity contribution in [2.75, 3.05) is 0 Å². The maximum atomic E-state index is 13.0. The zero-order valence-corrected chi connectivity index (χ0v) is 17.9. The highest BCUT2D eigenvalue weighted by Gasteiger charge is 2.08. The highest BCUT2D eigenvalue weighted by Crippen LogP contribution is 2.19. The van der Waals surface area contributed by atoms with Gasteiger partial charge in [0, 0.05) is 30.1 Å². The zero-order chi connectivity index (χ0) is 22.5. The molecule has 162 valence electrons. The number of benzene rings is 2. The molecule has 0 aliphatic rings. The maximum absolute atomic E-state index is 13.0. The first kappa shape index (κ1) is 21.2. The lowest BCUT2D eigenvalue weighted by atomic mass is 10.1. The standard InChI is InChI=1S/C25H23FN4O2/c1-17-12-18(2)30(29-17)16-19-4-3-5-21(13-19)25(31)28-15-20-6-11-24(27-14-20)32-23-9-7-22(26)8-10-23/h3-14H,15-16H2,1-2H3,(H,28,31). The van der Waals surface area contributed by atoms with Crippen molar-refractivity contribution in [1.82, 2.24) is 20.1 Å². The van der Waals surface area contributed by atoms with Gasteiger partial charge in [-0.3, -0.25) is 9.48 Å². The molecule has 0 bridgehead atoms. The Hall–Kier alpha value is -4.00. The molecule has 0 fully saturated rings. The molecule has 4 aromatic rings. The summed E-state index contributed by atoms with van der Waals surface area (Å²) in [5.74, 6) is 0.407. The van der Waals surface area contributed by atoms with Gasteiger partial charge in [0.1, 0.15) is 11.6 Å². The number of hydrogen-bond acceptors (Lipinski definition) is 4. The minimum absolute atomic E-state index is 0.160. The Bertz CT molecular complexity index is 1220. The first-order valence-electron chi connectivity index (χ1n) is 10.2. The molecule has 0 aliphatic heterocycles. The van der Waals surface area contributed by atoms with Crippen molar-refractivity contribution in [3.05, 3.63) is 107 Å². The van der Waals surface area contributed by atoms with E-state index in [1.807, 2.05) is 48.9 Å². The fraction of sp³-hybridized carbons (Fsp3) is 0.160. The zero-order valence-electron chi connectivity index (χ0n) is 17.9. The normalized spacial score (nSPS) is 10.7. The van der Waals surface area contributed by atoms with Gasteiger partial charge in [0.15, 0.2) is 0 Å². The van der Waals surface area contributed by atoms with Crippen molar-refractivity contribution in [2.45, 2.75) is 26.9 Å². The van der Waals surface area contributed by atoms with Gasteiger partial charge in [0.2, 0.25) is 5.88 Å². The molecule has 0 atom stereocenters. The van der Waals surface area contributed by atoms with Crippen LogP contribution < -0.4 is 10.1 Å². The fourth-order valence-corrected chi connectivity index (χ4v) is 3.30. The molecule has 2 aromatic carbocycles. The minimum atomic E-state index is -0.325. The molecule has 0 spiro atoms. The van der Waals surface area contributed by atoms with Gasteiger partial charge < -0.3 is 10.1 Å². The van der Waals surface area contributed by atoms with Crippen molar-refractivity contribution in [3.63, 3.8) is 0 Å². The van der Waals surface area contributed by atoms with Crippen LogP contribution in [0.5, 0.6) is 11.6 Å². The van der Waals surface area contributed by atoms with Gasteiger partial charge >= 0.3 is 0 Å². The molecule has 0 aliphatic carbocycles. The third kappa shape index (κ3) is 5.37. The molecular formula is C25H23FN4O2. The Kier molecular flexibility index (Phi) is 6.26. The summed E-state index contributed by atoms with van der Waals surface area (Å²) in [7, 11) is 0. The number of aromatic nitrogens is 3. The van der Waals surface area contributed by atoms with Crippen LogP contribution in [0.25, 0.3) is 0 Å². The molecule has 1 amide bonds. The van der Waals surface area contributed by atoms with E-state index in [1.165, 1.54) is 24.3 Å². The van der Waals surface area contributed by atoms with Crippen LogP contribution in [0.15, 0.2) is 72.9 Å². The van der Waals surface area contributed by atoms with Crippen LogP contribution >= 0.6 is 0 Å². The molecule has 6 nitrogen and oxygen atoms in total. The van der Waals surface area contributed by atoms with E-state index in [9.17, 15) is 9.18 Å². The van der Waals surface area contributed by atoms with E-state index in [0.717, 1.165) is 22.5 Å². The Morgan fingerprint density at radius 3 is 2.53 bits per heavy atom. The third-order valence-corrected chi connectivity index (χ3v) is 4.91. The second-order valence-electron chi connectivity index (χ2n) is 7.53. The smallest absolute Gasteiger partial charge is 0.251 e. The number of nitrogens with zero attached hydrogens (tertiary/aromatic N) is 3. The molecular weight excluding hydrogens is 407 g/mol. The van der Waals surface area contributed by atoms with Gasteiger partial charge in [0.05, 0.1) is 12.2 Å². The van der Waals surface area contributed by atoms with Gasteiger partial charge in [-0.15, -0.1) is 0 Å². The largest absolute Gasteiger partial charge is 0.439 e. The highest BCUT2D eigenvalue weighted by molar-refractivity contribution is 5.94. The molecule has 0 unspecified atom stereocenters. The van der Waals surface area contributed by atoms with Gasteiger partial charge in [-0.25, -0.2) is 9.37 Å². The third-order valence-electron chi connectivity index (χ3n) is 4.91. The predicted molar refractivity (Wildman–Crippen MR) is 119 cm³/mol. The maximum Gasteiger partial charge on any atom is 0.251 e. The number of hydrogen-bond donors (Lipinski definition) is 1. The Balaban J connectivity index is 1.34. The Labute approximate surface area is 185 Å². The van der Waals surface area contributed by atoms with Crippen molar-refractivity contribution in [2.24, 2.45) is 0 Å². The van der Waals surface area contributed by atoms with Crippen LogP contribution in [-0.2, 0) is 13.1 Å². The number of ether oxygens (including phenoxy) is 1. The predicted octanol–water partition coefficient (Wildman–Crippen LogP) is 4.80. The van der Waals surface area contributed by atoms with E-state index in [1.54, 1.807) is 18.3 Å². The summed E-state index contributed by atoms with van der Waals surface area (Å²) >= 11 is 0. The number of rotatable bonds is 7. The van der Waals surface area contributed by atoms with Gasteiger partial charge in [-0.2, -0.15) is 5.10 Å². The highest BCUT2D eigenvalue weighted by atomic mass is 19.1.